The predicted molar refractivity (Wildman–Crippen MR) is 67.9 cm³/mol. The lowest BCUT2D eigenvalue weighted by molar-refractivity contribution is -0.150. The maximum Gasteiger partial charge on any atom is 0.405 e. The Hall–Kier alpha value is -1.57. The Labute approximate surface area is 121 Å². The van der Waals surface area contributed by atoms with Gasteiger partial charge in [-0.1, -0.05) is 28.1 Å². The first-order chi connectivity index (χ1) is 9.26. The van der Waals surface area contributed by atoms with Crippen LogP contribution in [0.2, 0.25) is 0 Å². The van der Waals surface area contributed by atoms with E-state index in [4.69, 9.17) is 0 Å². The largest absolute Gasteiger partial charge is 0.455 e. The molecule has 0 aliphatic rings. The quantitative estimate of drug-likeness (QED) is 0.825. The van der Waals surface area contributed by atoms with Gasteiger partial charge in [-0.3, -0.25) is 9.59 Å². The number of carbonyl (C=O) groups is 2. The van der Waals surface area contributed by atoms with Crippen LogP contribution in [-0.4, -0.2) is 31.2 Å². The molecule has 20 heavy (non-hydrogen) atoms. The van der Waals surface area contributed by atoms with Crippen molar-refractivity contribution in [3.63, 3.8) is 0 Å². The number of amides is 1. The highest BCUT2D eigenvalue weighted by Gasteiger charge is 2.27. The van der Waals surface area contributed by atoms with Gasteiger partial charge in [-0.15, -0.1) is 0 Å². The third kappa shape index (κ3) is 7.13. The molecule has 0 fully saturated rings. The molecule has 1 aromatic rings. The molecular weight excluding hydrogens is 343 g/mol. The fourth-order valence-corrected chi connectivity index (χ4v) is 1.48. The molecule has 0 saturated heterocycles. The Balaban J connectivity index is 2.29. The van der Waals surface area contributed by atoms with E-state index in [1.807, 2.05) is 0 Å². The second kappa shape index (κ2) is 7.28. The summed E-state index contributed by atoms with van der Waals surface area (Å²) in [7, 11) is 0. The van der Waals surface area contributed by atoms with Gasteiger partial charge in [-0.05, 0) is 17.7 Å². The molecular formula is C12H11BrF3NO3. The zero-order valence-electron chi connectivity index (χ0n) is 10.2. The molecule has 0 aliphatic carbocycles. The molecule has 0 spiro atoms. The third-order valence-corrected chi connectivity index (χ3v) is 2.64. The van der Waals surface area contributed by atoms with Crippen LogP contribution in [-0.2, 0) is 20.7 Å². The maximum absolute atomic E-state index is 11.8. The molecule has 1 rings (SSSR count). The lowest BCUT2D eigenvalue weighted by Gasteiger charge is -2.08. The van der Waals surface area contributed by atoms with Gasteiger partial charge >= 0.3 is 12.1 Å². The highest BCUT2D eigenvalue weighted by atomic mass is 79.9. The number of esters is 1. The minimum absolute atomic E-state index is 0.0557. The van der Waals surface area contributed by atoms with Crippen molar-refractivity contribution in [1.82, 2.24) is 5.32 Å². The number of ether oxygens (including phenoxy) is 1. The van der Waals surface area contributed by atoms with Gasteiger partial charge in [-0.25, -0.2) is 0 Å². The lowest BCUT2D eigenvalue weighted by Crippen LogP contribution is -2.36. The standard InChI is InChI=1S/C12H11BrF3NO3/c13-9-3-1-8(2-4-9)5-11(19)20-6-10(18)17-7-12(14,15)16/h1-4H,5-7H2,(H,17,18). The Kier molecular flexibility index (Phi) is 6.00. The minimum Gasteiger partial charge on any atom is -0.455 e. The minimum atomic E-state index is -4.49. The van der Waals surface area contributed by atoms with E-state index in [9.17, 15) is 22.8 Å². The summed E-state index contributed by atoms with van der Waals surface area (Å²) in [6.45, 7) is -2.18. The summed E-state index contributed by atoms with van der Waals surface area (Å²) >= 11 is 3.23. The summed E-state index contributed by atoms with van der Waals surface area (Å²) < 4.78 is 40.8. The van der Waals surface area contributed by atoms with Gasteiger partial charge in [-0.2, -0.15) is 13.2 Å². The number of halogens is 4. The first-order valence-electron chi connectivity index (χ1n) is 5.50. The third-order valence-electron chi connectivity index (χ3n) is 2.11. The van der Waals surface area contributed by atoms with Crippen molar-refractivity contribution in [2.24, 2.45) is 0 Å². The molecule has 0 heterocycles. The van der Waals surface area contributed by atoms with Crippen LogP contribution < -0.4 is 5.32 Å². The number of benzene rings is 1. The van der Waals surface area contributed by atoms with Gasteiger partial charge in [0.15, 0.2) is 6.61 Å². The number of carbonyl (C=O) groups excluding carboxylic acids is 2. The van der Waals surface area contributed by atoms with Gasteiger partial charge in [0, 0.05) is 4.47 Å². The molecule has 8 heteroatoms. The molecule has 1 amide bonds. The maximum atomic E-state index is 11.8. The molecule has 0 aliphatic heterocycles. The summed E-state index contributed by atoms with van der Waals surface area (Å²) in [4.78, 5) is 22.4. The average Bonchev–Trinajstić information content (AvgIpc) is 2.36. The SMILES string of the molecule is O=C(COC(=O)Cc1ccc(Br)cc1)NCC(F)(F)F. The van der Waals surface area contributed by atoms with Crippen molar-refractivity contribution in [1.29, 1.82) is 0 Å². The van der Waals surface area contributed by atoms with Crippen LogP contribution in [0.5, 0.6) is 0 Å². The van der Waals surface area contributed by atoms with Crippen LogP contribution in [0.3, 0.4) is 0 Å². The molecule has 1 N–H and O–H groups in total. The van der Waals surface area contributed by atoms with Gasteiger partial charge in [0.2, 0.25) is 0 Å². The van der Waals surface area contributed by atoms with E-state index in [1.54, 1.807) is 29.6 Å². The topological polar surface area (TPSA) is 55.4 Å². The van der Waals surface area contributed by atoms with Crippen molar-refractivity contribution in [2.45, 2.75) is 12.6 Å². The number of hydrogen-bond acceptors (Lipinski definition) is 3. The summed E-state index contributed by atoms with van der Waals surface area (Å²) in [5, 5.41) is 1.60. The Morgan fingerprint density at radius 1 is 1.20 bits per heavy atom. The van der Waals surface area contributed by atoms with Crippen LogP contribution in [0.4, 0.5) is 13.2 Å². The van der Waals surface area contributed by atoms with E-state index < -0.39 is 31.2 Å². The number of nitrogens with one attached hydrogen (secondary N) is 1. The second-order valence-corrected chi connectivity index (χ2v) is 4.77. The molecule has 0 radical (unpaired) electrons. The lowest BCUT2D eigenvalue weighted by atomic mass is 10.2. The molecule has 1 aromatic carbocycles. The van der Waals surface area contributed by atoms with Crippen LogP contribution in [0.25, 0.3) is 0 Å². The normalized spacial score (nSPS) is 11.0. The van der Waals surface area contributed by atoms with E-state index in [1.165, 1.54) is 0 Å². The highest BCUT2D eigenvalue weighted by Crippen LogP contribution is 2.12. The van der Waals surface area contributed by atoms with E-state index in [0.29, 0.717) is 5.56 Å². The molecule has 4 nitrogen and oxygen atoms in total. The van der Waals surface area contributed by atoms with Crippen molar-refractivity contribution in [3.05, 3.63) is 34.3 Å². The fourth-order valence-electron chi connectivity index (χ4n) is 1.22. The summed E-state index contributed by atoms with van der Waals surface area (Å²) in [5.41, 5.74) is 0.675. The molecule has 110 valence electrons. The van der Waals surface area contributed by atoms with Gasteiger partial charge in [0.05, 0.1) is 6.42 Å². The van der Waals surface area contributed by atoms with Gasteiger partial charge < -0.3 is 10.1 Å². The van der Waals surface area contributed by atoms with Crippen molar-refractivity contribution in [2.75, 3.05) is 13.2 Å². The molecule has 0 bridgehead atoms. The van der Waals surface area contributed by atoms with Gasteiger partial charge in [0.1, 0.15) is 6.54 Å². The second-order valence-electron chi connectivity index (χ2n) is 3.86. The Morgan fingerprint density at radius 2 is 1.80 bits per heavy atom. The van der Waals surface area contributed by atoms with E-state index in [2.05, 4.69) is 20.7 Å². The van der Waals surface area contributed by atoms with Crippen molar-refractivity contribution in [3.8, 4) is 0 Å². The van der Waals surface area contributed by atoms with Crippen molar-refractivity contribution < 1.29 is 27.5 Å². The van der Waals surface area contributed by atoms with Crippen LogP contribution in [0, 0.1) is 0 Å². The molecule has 0 unspecified atom stereocenters. The molecule has 0 saturated carbocycles. The Bertz CT molecular complexity index is 474. The van der Waals surface area contributed by atoms with Crippen LogP contribution >= 0.6 is 15.9 Å². The number of hydrogen-bond donors (Lipinski definition) is 1. The zero-order valence-corrected chi connectivity index (χ0v) is 11.8. The average molecular weight is 354 g/mol. The van der Waals surface area contributed by atoms with Crippen LogP contribution in [0.1, 0.15) is 5.56 Å². The molecule has 0 aromatic heterocycles. The van der Waals surface area contributed by atoms with Crippen molar-refractivity contribution >= 4 is 27.8 Å². The smallest absolute Gasteiger partial charge is 0.405 e. The monoisotopic (exact) mass is 353 g/mol. The van der Waals surface area contributed by atoms with E-state index in [-0.39, 0.29) is 6.42 Å². The van der Waals surface area contributed by atoms with Crippen LogP contribution in [0.15, 0.2) is 28.7 Å². The fraction of sp³-hybridized carbons (Fsp3) is 0.333. The molecule has 0 atom stereocenters. The summed E-state index contributed by atoms with van der Waals surface area (Å²) in [6, 6.07) is 6.85. The first kappa shape index (κ1) is 16.5. The summed E-state index contributed by atoms with van der Waals surface area (Å²) in [6.07, 6.45) is -4.54. The Morgan fingerprint density at radius 3 is 2.35 bits per heavy atom. The van der Waals surface area contributed by atoms with Gasteiger partial charge in [0.25, 0.3) is 5.91 Å². The zero-order chi connectivity index (χ0) is 15.2. The predicted octanol–water partition coefficient (Wildman–Crippen LogP) is 2.21. The highest BCUT2D eigenvalue weighted by molar-refractivity contribution is 9.10. The first-order valence-corrected chi connectivity index (χ1v) is 6.29. The summed E-state index contributed by atoms with van der Waals surface area (Å²) in [5.74, 6) is -1.68. The van der Waals surface area contributed by atoms with E-state index in [0.717, 1.165) is 4.47 Å². The number of rotatable bonds is 5. The van der Waals surface area contributed by atoms with E-state index >= 15 is 0 Å². The number of alkyl halides is 3.